The number of nitrogens with zero attached hydrogens (tertiary/aromatic N) is 2. The lowest BCUT2D eigenvalue weighted by molar-refractivity contribution is 0.105. The first-order valence-corrected chi connectivity index (χ1v) is 3.74. The highest BCUT2D eigenvalue weighted by molar-refractivity contribution is 5.25. The summed E-state index contributed by atoms with van der Waals surface area (Å²) in [5.41, 5.74) is 0. The molecule has 12 heavy (non-hydrogen) atoms. The van der Waals surface area contributed by atoms with E-state index in [1.165, 1.54) is 0 Å². The monoisotopic (exact) mass is 171 g/mol. The Labute approximate surface area is 70.7 Å². The maximum Gasteiger partial charge on any atom is 0.202 e. The predicted octanol–water partition coefficient (Wildman–Crippen LogP) is -0.815. The first-order chi connectivity index (χ1) is 5.74. The van der Waals surface area contributed by atoms with Gasteiger partial charge in [-0.2, -0.15) is 0 Å². The molecule has 0 saturated heterocycles. The van der Waals surface area contributed by atoms with Crippen LogP contribution in [0.2, 0.25) is 0 Å². The summed E-state index contributed by atoms with van der Waals surface area (Å²) in [6.07, 6.45) is 2.73. The second kappa shape index (κ2) is 4.08. The van der Waals surface area contributed by atoms with E-state index in [2.05, 4.69) is 10.3 Å². The van der Waals surface area contributed by atoms with Crippen LogP contribution in [0.4, 0.5) is 5.95 Å². The van der Waals surface area contributed by atoms with Crippen molar-refractivity contribution in [2.24, 2.45) is 7.05 Å². The van der Waals surface area contributed by atoms with E-state index in [0.717, 1.165) is 0 Å². The Morgan fingerprint density at radius 1 is 1.75 bits per heavy atom. The molecule has 5 nitrogen and oxygen atoms in total. The zero-order valence-electron chi connectivity index (χ0n) is 6.94. The molecule has 0 bridgehead atoms. The number of anilines is 1. The highest BCUT2D eigenvalue weighted by Gasteiger charge is 2.02. The van der Waals surface area contributed by atoms with Crippen molar-refractivity contribution < 1.29 is 10.2 Å². The first-order valence-electron chi connectivity index (χ1n) is 3.74. The second-order valence-corrected chi connectivity index (χ2v) is 2.58. The Balaban J connectivity index is 2.38. The molecule has 68 valence electrons. The molecule has 0 fully saturated rings. The number of imidazole rings is 1. The van der Waals surface area contributed by atoms with Crippen LogP contribution in [0.25, 0.3) is 0 Å². The average Bonchev–Trinajstić information content (AvgIpc) is 2.47. The van der Waals surface area contributed by atoms with Gasteiger partial charge in [-0.1, -0.05) is 0 Å². The van der Waals surface area contributed by atoms with Crippen molar-refractivity contribution in [1.29, 1.82) is 0 Å². The molecule has 0 spiro atoms. The van der Waals surface area contributed by atoms with Crippen molar-refractivity contribution in [2.75, 3.05) is 18.5 Å². The van der Waals surface area contributed by atoms with E-state index in [9.17, 15) is 0 Å². The fraction of sp³-hybridized carbons (Fsp3) is 0.571. The number of aliphatic hydroxyl groups excluding tert-OH is 2. The molecule has 1 aromatic rings. The van der Waals surface area contributed by atoms with E-state index in [1.54, 1.807) is 17.0 Å². The fourth-order valence-electron chi connectivity index (χ4n) is 0.810. The number of rotatable bonds is 4. The quantitative estimate of drug-likeness (QED) is 0.554. The van der Waals surface area contributed by atoms with E-state index in [-0.39, 0.29) is 6.61 Å². The number of aromatic nitrogens is 2. The number of nitrogens with one attached hydrogen (secondary N) is 1. The molecule has 5 heteroatoms. The van der Waals surface area contributed by atoms with Crippen LogP contribution in [0.15, 0.2) is 12.4 Å². The Kier molecular flexibility index (Phi) is 3.07. The van der Waals surface area contributed by atoms with E-state index < -0.39 is 6.10 Å². The molecule has 0 aliphatic rings. The maximum atomic E-state index is 9.00. The molecule has 1 rings (SSSR count). The first kappa shape index (κ1) is 9.02. The van der Waals surface area contributed by atoms with Crippen LogP contribution in [0, 0.1) is 0 Å². The van der Waals surface area contributed by atoms with Crippen molar-refractivity contribution >= 4 is 5.95 Å². The molecule has 0 aliphatic heterocycles. The molecule has 0 saturated carbocycles. The van der Waals surface area contributed by atoms with E-state index in [4.69, 9.17) is 10.2 Å². The minimum absolute atomic E-state index is 0.239. The molecule has 0 aromatic carbocycles. The largest absolute Gasteiger partial charge is 0.394 e. The lowest BCUT2D eigenvalue weighted by Crippen LogP contribution is -2.24. The molecule has 1 heterocycles. The number of hydrogen-bond acceptors (Lipinski definition) is 4. The van der Waals surface area contributed by atoms with Crippen molar-refractivity contribution in [3.63, 3.8) is 0 Å². The molecular weight excluding hydrogens is 158 g/mol. The van der Waals surface area contributed by atoms with Crippen molar-refractivity contribution in [2.45, 2.75) is 6.10 Å². The Hall–Kier alpha value is -1.07. The van der Waals surface area contributed by atoms with Crippen LogP contribution in [0.1, 0.15) is 0 Å². The van der Waals surface area contributed by atoms with Crippen LogP contribution in [0.5, 0.6) is 0 Å². The molecule has 1 unspecified atom stereocenters. The number of hydrogen-bond donors (Lipinski definition) is 3. The van der Waals surface area contributed by atoms with Crippen molar-refractivity contribution in [3.8, 4) is 0 Å². The fourth-order valence-corrected chi connectivity index (χ4v) is 0.810. The highest BCUT2D eigenvalue weighted by atomic mass is 16.3. The predicted molar refractivity (Wildman–Crippen MR) is 44.8 cm³/mol. The van der Waals surface area contributed by atoms with Crippen molar-refractivity contribution in [3.05, 3.63) is 12.4 Å². The summed E-state index contributed by atoms with van der Waals surface area (Å²) in [6.45, 7) is 0.0682. The SMILES string of the molecule is Cn1ccnc1NCC(O)CO. The zero-order chi connectivity index (χ0) is 8.97. The number of aryl methyl sites for hydroxylation is 1. The average molecular weight is 171 g/mol. The third-order valence-electron chi connectivity index (χ3n) is 1.53. The summed E-state index contributed by atoms with van der Waals surface area (Å²) in [5, 5.41) is 20.4. The van der Waals surface area contributed by atoms with Crippen LogP contribution >= 0.6 is 0 Å². The number of aliphatic hydroxyl groups is 2. The molecule has 1 atom stereocenters. The molecule has 0 aliphatic carbocycles. The minimum atomic E-state index is -0.735. The van der Waals surface area contributed by atoms with Crippen LogP contribution in [0.3, 0.4) is 0 Å². The summed E-state index contributed by atoms with van der Waals surface area (Å²) >= 11 is 0. The van der Waals surface area contributed by atoms with E-state index in [0.29, 0.717) is 12.5 Å². The molecule has 0 amide bonds. The van der Waals surface area contributed by atoms with E-state index >= 15 is 0 Å². The Morgan fingerprint density at radius 2 is 2.50 bits per heavy atom. The van der Waals surface area contributed by atoms with Gasteiger partial charge in [0, 0.05) is 26.0 Å². The Bertz CT molecular complexity index is 236. The van der Waals surface area contributed by atoms with Gasteiger partial charge in [0.2, 0.25) is 5.95 Å². The topological polar surface area (TPSA) is 70.3 Å². The third-order valence-corrected chi connectivity index (χ3v) is 1.53. The van der Waals surface area contributed by atoms with Crippen LogP contribution in [-0.4, -0.2) is 39.0 Å². The lowest BCUT2D eigenvalue weighted by atomic mass is 10.4. The van der Waals surface area contributed by atoms with Crippen molar-refractivity contribution in [1.82, 2.24) is 9.55 Å². The Morgan fingerprint density at radius 3 is 3.00 bits per heavy atom. The van der Waals surface area contributed by atoms with Gasteiger partial charge in [-0.15, -0.1) is 0 Å². The summed E-state index contributed by atoms with van der Waals surface area (Å²) in [5.74, 6) is 0.683. The van der Waals surface area contributed by atoms with Crippen LogP contribution < -0.4 is 5.32 Å². The van der Waals surface area contributed by atoms with Gasteiger partial charge in [-0.05, 0) is 0 Å². The van der Waals surface area contributed by atoms with Gasteiger partial charge in [0.1, 0.15) is 0 Å². The molecule has 3 N–H and O–H groups in total. The second-order valence-electron chi connectivity index (χ2n) is 2.58. The summed E-state index contributed by atoms with van der Waals surface area (Å²) in [7, 11) is 1.85. The van der Waals surface area contributed by atoms with E-state index in [1.807, 2.05) is 7.05 Å². The standard InChI is InChI=1S/C7H13N3O2/c1-10-3-2-8-7(10)9-4-6(12)5-11/h2-3,6,11-12H,4-5H2,1H3,(H,8,9). The van der Waals surface area contributed by atoms with Gasteiger partial charge >= 0.3 is 0 Å². The molecule has 1 aromatic heterocycles. The van der Waals surface area contributed by atoms with Gasteiger partial charge in [-0.25, -0.2) is 4.98 Å². The summed E-state index contributed by atoms with van der Waals surface area (Å²) < 4.78 is 1.80. The zero-order valence-corrected chi connectivity index (χ0v) is 6.94. The normalized spacial score (nSPS) is 12.9. The molecule has 0 radical (unpaired) electrons. The highest BCUT2D eigenvalue weighted by Crippen LogP contribution is 1.99. The third kappa shape index (κ3) is 2.21. The molecular formula is C7H13N3O2. The smallest absolute Gasteiger partial charge is 0.202 e. The summed E-state index contributed by atoms with van der Waals surface area (Å²) in [4.78, 5) is 3.98. The lowest BCUT2D eigenvalue weighted by Gasteiger charge is -2.08. The van der Waals surface area contributed by atoms with Crippen LogP contribution in [-0.2, 0) is 7.05 Å². The summed E-state index contributed by atoms with van der Waals surface area (Å²) in [6, 6.07) is 0. The van der Waals surface area contributed by atoms with Gasteiger partial charge in [0.05, 0.1) is 12.7 Å². The van der Waals surface area contributed by atoms with Gasteiger partial charge in [0.15, 0.2) is 0 Å². The maximum absolute atomic E-state index is 9.00. The minimum Gasteiger partial charge on any atom is -0.394 e. The van der Waals surface area contributed by atoms with Gasteiger partial charge < -0.3 is 20.1 Å². The van der Waals surface area contributed by atoms with Gasteiger partial charge in [0.25, 0.3) is 0 Å². The van der Waals surface area contributed by atoms with Gasteiger partial charge in [-0.3, -0.25) is 0 Å².